The Hall–Kier alpha value is -2.67. The molecule has 29 heavy (non-hydrogen) atoms. The van der Waals surface area contributed by atoms with Crippen LogP contribution in [0.1, 0.15) is 56.1 Å². The number of carbonyl (C=O) groups excluding carboxylic acids is 1. The Morgan fingerprint density at radius 1 is 1.17 bits per heavy atom. The molecule has 2 heterocycles. The molecule has 1 unspecified atom stereocenters. The van der Waals surface area contributed by atoms with E-state index in [0.29, 0.717) is 22.5 Å². The van der Waals surface area contributed by atoms with Crippen molar-refractivity contribution in [3.05, 3.63) is 52.6 Å². The van der Waals surface area contributed by atoms with Gasteiger partial charge in [0.25, 0.3) is 5.91 Å². The zero-order chi connectivity index (χ0) is 20.8. The summed E-state index contributed by atoms with van der Waals surface area (Å²) in [7, 11) is 0. The molecule has 0 saturated carbocycles. The van der Waals surface area contributed by atoms with Gasteiger partial charge in [0, 0.05) is 23.9 Å². The third kappa shape index (κ3) is 6.42. The lowest BCUT2D eigenvalue weighted by Crippen LogP contribution is -2.17. The van der Waals surface area contributed by atoms with E-state index in [4.69, 9.17) is 9.47 Å². The van der Waals surface area contributed by atoms with Crippen LogP contribution in [0.25, 0.3) is 0 Å². The zero-order valence-corrected chi connectivity index (χ0v) is 18.1. The molecule has 0 saturated heterocycles. The predicted molar refractivity (Wildman–Crippen MR) is 116 cm³/mol. The van der Waals surface area contributed by atoms with Crippen molar-refractivity contribution in [2.75, 3.05) is 5.32 Å². The van der Waals surface area contributed by atoms with Gasteiger partial charge in [-0.15, -0.1) is 11.3 Å². The Morgan fingerprint density at radius 2 is 1.93 bits per heavy atom. The number of thiazole rings is 1. The molecule has 1 aliphatic rings. The Labute approximate surface area is 175 Å². The standard InChI is InChI=1S/C22H27N3O3S/c1-14(2)27-19-11-18(21(26)25-22-23-15(3)13-29-22)12-20(24-19)28-16(4)10-17-8-6-5-7-9-17/h6,8-9,11-14,16H,5,7,10H2,1-4H3,(H,23,25,26). The first-order valence-electron chi connectivity index (χ1n) is 9.83. The summed E-state index contributed by atoms with van der Waals surface area (Å²) in [5.74, 6) is 0.462. The fraction of sp³-hybridized carbons (Fsp3) is 0.409. The molecular formula is C22H27N3O3S. The second-order valence-corrected chi connectivity index (χ2v) is 8.20. The number of amides is 1. The van der Waals surface area contributed by atoms with Crippen LogP contribution in [-0.4, -0.2) is 28.1 Å². The van der Waals surface area contributed by atoms with Gasteiger partial charge in [-0.2, -0.15) is 4.98 Å². The summed E-state index contributed by atoms with van der Waals surface area (Å²) in [5, 5.41) is 5.26. The SMILES string of the molecule is Cc1csc(NC(=O)c2cc(OC(C)C)nc(OC(C)CC3=CCCC=C3)c2)n1. The monoisotopic (exact) mass is 413 g/mol. The predicted octanol–water partition coefficient (Wildman–Crippen LogP) is 5.32. The Morgan fingerprint density at radius 3 is 2.55 bits per heavy atom. The van der Waals surface area contributed by atoms with Crippen molar-refractivity contribution in [1.82, 2.24) is 9.97 Å². The second-order valence-electron chi connectivity index (χ2n) is 7.34. The fourth-order valence-electron chi connectivity index (χ4n) is 2.95. The first-order valence-corrected chi connectivity index (χ1v) is 10.7. The van der Waals surface area contributed by atoms with Gasteiger partial charge in [0.2, 0.25) is 11.8 Å². The number of nitrogens with zero attached hydrogens (tertiary/aromatic N) is 2. The molecule has 6 nitrogen and oxygen atoms in total. The molecule has 1 aliphatic carbocycles. The number of ether oxygens (including phenoxy) is 2. The van der Waals surface area contributed by atoms with Crippen LogP contribution >= 0.6 is 11.3 Å². The Bertz CT molecular complexity index is 918. The zero-order valence-electron chi connectivity index (χ0n) is 17.3. The van der Waals surface area contributed by atoms with Gasteiger partial charge in [-0.1, -0.05) is 18.2 Å². The van der Waals surface area contributed by atoms with Crippen LogP contribution in [0, 0.1) is 6.92 Å². The van der Waals surface area contributed by atoms with Crippen molar-refractivity contribution >= 4 is 22.4 Å². The molecule has 2 aromatic heterocycles. The highest BCUT2D eigenvalue weighted by Crippen LogP contribution is 2.24. The second kappa shape index (κ2) is 9.69. The average molecular weight is 414 g/mol. The fourth-order valence-corrected chi connectivity index (χ4v) is 3.64. The summed E-state index contributed by atoms with van der Waals surface area (Å²) in [6, 6.07) is 3.27. The van der Waals surface area contributed by atoms with Crippen LogP contribution in [0.2, 0.25) is 0 Å². The number of hydrogen-bond donors (Lipinski definition) is 1. The molecule has 1 atom stereocenters. The molecule has 0 spiro atoms. The van der Waals surface area contributed by atoms with Gasteiger partial charge in [-0.3, -0.25) is 10.1 Å². The quantitative estimate of drug-likeness (QED) is 0.634. The average Bonchev–Trinajstić information content (AvgIpc) is 3.06. The number of allylic oxidation sites excluding steroid dienone is 3. The van der Waals surface area contributed by atoms with Gasteiger partial charge >= 0.3 is 0 Å². The first-order chi connectivity index (χ1) is 13.9. The maximum Gasteiger partial charge on any atom is 0.257 e. The minimum absolute atomic E-state index is 0.0646. The smallest absolute Gasteiger partial charge is 0.257 e. The van der Waals surface area contributed by atoms with E-state index >= 15 is 0 Å². The van der Waals surface area contributed by atoms with Crippen molar-refractivity contribution < 1.29 is 14.3 Å². The summed E-state index contributed by atoms with van der Waals surface area (Å²) < 4.78 is 11.8. The number of aryl methyl sites for hydroxylation is 1. The summed E-state index contributed by atoms with van der Waals surface area (Å²) in [6.07, 6.45) is 9.35. The third-order valence-corrected chi connectivity index (χ3v) is 5.03. The lowest BCUT2D eigenvalue weighted by molar-refractivity contribution is 0.102. The van der Waals surface area contributed by atoms with E-state index in [1.165, 1.54) is 16.9 Å². The summed E-state index contributed by atoms with van der Waals surface area (Å²) >= 11 is 1.39. The summed E-state index contributed by atoms with van der Waals surface area (Å²) in [6.45, 7) is 7.71. The molecule has 0 fully saturated rings. The number of nitrogens with one attached hydrogen (secondary N) is 1. The molecule has 0 aliphatic heterocycles. The van der Waals surface area contributed by atoms with Crippen LogP contribution < -0.4 is 14.8 Å². The van der Waals surface area contributed by atoms with E-state index in [0.717, 1.165) is 25.0 Å². The lowest BCUT2D eigenvalue weighted by Gasteiger charge is -2.17. The van der Waals surface area contributed by atoms with E-state index in [9.17, 15) is 4.79 Å². The molecule has 2 aromatic rings. The van der Waals surface area contributed by atoms with Crippen LogP contribution in [0.4, 0.5) is 5.13 Å². The number of hydrogen-bond acceptors (Lipinski definition) is 6. The van der Waals surface area contributed by atoms with Crippen LogP contribution in [0.15, 0.2) is 41.3 Å². The number of rotatable bonds is 8. The highest BCUT2D eigenvalue weighted by molar-refractivity contribution is 7.13. The number of carbonyl (C=O) groups is 1. The molecule has 154 valence electrons. The Balaban J connectivity index is 1.76. The summed E-state index contributed by atoms with van der Waals surface area (Å²) in [5.41, 5.74) is 2.55. The molecule has 3 rings (SSSR count). The minimum Gasteiger partial charge on any atom is -0.475 e. The van der Waals surface area contributed by atoms with Crippen molar-refractivity contribution in [2.45, 2.75) is 59.2 Å². The van der Waals surface area contributed by atoms with Crippen molar-refractivity contribution in [2.24, 2.45) is 0 Å². The van der Waals surface area contributed by atoms with Gasteiger partial charge in [-0.25, -0.2) is 4.98 Å². The van der Waals surface area contributed by atoms with Gasteiger partial charge in [0.15, 0.2) is 5.13 Å². The van der Waals surface area contributed by atoms with Crippen LogP contribution in [0.3, 0.4) is 0 Å². The van der Waals surface area contributed by atoms with E-state index in [2.05, 4.69) is 33.5 Å². The van der Waals surface area contributed by atoms with Gasteiger partial charge in [0.05, 0.1) is 17.4 Å². The lowest BCUT2D eigenvalue weighted by atomic mass is 10.0. The maximum atomic E-state index is 12.7. The molecule has 0 bridgehead atoms. The maximum absolute atomic E-state index is 12.7. The van der Waals surface area contributed by atoms with Gasteiger partial charge in [-0.05, 0) is 46.1 Å². The molecule has 0 aromatic carbocycles. The molecule has 1 amide bonds. The topological polar surface area (TPSA) is 73.3 Å². The normalized spacial score (nSPS) is 14.4. The van der Waals surface area contributed by atoms with Gasteiger partial charge < -0.3 is 9.47 Å². The summed E-state index contributed by atoms with van der Waals surface area (Å²) in [4.78, 5) is 21.4. The largest absolute Gasteiger partial charge is 0.475 e. The molecular weight excluding hydrogens is 386 g/mol. The number of pyridine rings is 1. The minimum atomic E-state index is -0.272. The van der Waals surface area contributed by atoms with E-state index in [-0.39, 0.29) is 18.1 Å². The number of aromatic nitrogens is 2. The highest BCUT2D eigenvalue weighted by Gasteiger charge is 2.16. The first kappa shape index (κ1) is 21.0. The Kier molecular flexibility index (Phi) is 7.04. The molecule has 0 radical (unpaired) electrons. The molecule has 7 heteroatoms. The van der Waals surface area contributed by atoms with Crippen LogP contribution in [0.5, 0.6) is 11.8 Å². The van der Waals surface area contributed by atoms with E-state index < -0.39 is 0 Å². The van der Waals surface area contributed by atoms with Crippen molar-refractivity contribution in [3.8, 4) is 11.8 Å². The molecule has 1 N–H and O–H groups in total. The number of anilines is 1. The third-order valence-electron chi connectivity index (χ3n) is 4.15. The van der Waals surface area contributed by atoms with Crippen molar-refractivity contribution in [1.29, 1.82) is 0 Å². The van der Waals surface area contributed by atoms with E-state index in [1.54, 1.807) is 12.1 Å². The van der Waals surface area contributed by atoms with Gasteiger partial charge in [0.1, 0.15) is 6.10 Å². The van der Waals surface area contributed by atoms with Crippen LogP contribution in [-0.2, 0) is 0 Å². The van der Waals surface area contributed by atoms with Crippen molar-refractivity contribution in [3.63, 3.8) is 0 Å². The highest BCUT2D eigenvalue weighted by atomic mass is 32.1. The van der Waals surface area contributed by atoms with E-state index in [1.807, 2.05) is 33.1 Å².